The van der Waals surface area contributed by atoms with Gasteiger partial charge in [0.05, 0.1) is 6.54 Å². The number of ketones is 1. The van der Waals surface area contributed by atoms with Crippen LogP contribution in [0.1, 0.15) is 47.5 Å². The second-order valence-corrected chi connectivity index (χ2v) is 10.3. The molecule has 2 aliphatic rings. The standard InChI is InChI=1S/C24H39N5O7/c1-12(2)19-23(34)29-9-8-15(30)10-16(29)22(33)27(6)11-17(31)28(7)20(13(3)4)24(35)36-14(5)18(25)21(32)26-19/h12-14,16,18-20H,8-11,25H2,1-7H3,(H,26,32). The molecular formula is C24H39N5O7. The van der Waals surface area contributed by atoms with Gasteiger partial charge in [-0.25, -0.2) is 4.79 Å². The van der Waals surface area contributed by atoms with Gasteiger partial charge in [-0.3, -0.25) is 24.0 Å². The van der Waals surface area contributed by atoms with Gasteiger partial charge in [0.1, 0.15) is 36.1 Å². The number of carbonyl (C=O) groups excluding carboxylic acids is 6. The first kappa shape index (κ1) is 29.2. The van der Waals surface area contributed by atoms with Crippen LogP contribution < -0.4 is 11.1 Å². The summed E-state index contributed by atoms with van der Waals surface area (Å²) in [6.07, 6.45) is -1.14. The Morgan fingerprint density at radius 2 is 1.58 bits per heavy atom. The molecule has 0 aromatic rings. The lowest BCUT2D eigenvalue weighted by Crippen LogP contribution is -2.62. The van der Waals surface area contributed by atoms with Crippen LogP contribution >= 0.6 is 0 Å². The minimum atomic E-state index is -1.28. The van der Waals surface area contributed by atoms with E-state index in [9.17, 15) is 28.8 Å². The maximum atomic E-state index is 13.5. The third-order valence-electron chi connectivity index (χ3n) is 6.77. The third-order valence-corrected chi connectivity index (χ3v) is 6.77. The minimum absolute atomic E-state index is 0.0182. The summed E-state index contributed by atoms with van der Waals surface area (Å²) in [5, 5.41) is 2.64. The molecule has 2 aliphatic heterocycles. The Labute approximate surface area is 211 Å². The quantitative estimate of drug-likeness (QED) is 0.444. The number of nitrogens with two attached hydrogens (primary N) is 1. The fourth-order valence-corrected chi connectivity index (χ4v) is 4.47. The number of Topliss-reactive ketones (excluding diaryl/α,β-unsaturated/α-hetero) is 1. The number of fused-ring (bicyclic) bond motifs is 1. The average Bonchev–Trinajstić information content (AvgIpc) is 2.79. The highest BCUT2D eigenvalue weighted by molar-refractivity contribution is 5.98. The van der Waals surface area contributed by atoms with E-state index in [0.717, 1.165) is 4.90 Å². The van der Waals surface area contributed by atoms with E-state index in [1.54, 1.807) is 27.7 Å². The van der Waals surface area contributed by atoms with Crippen molar-refractivity contribution in [2.24, 2.45) is 17.6 Å². The normalized spacial score (nSPS) is 30.1. The molecule has 36 heavy (non-hydrogen) atoms. The number of esters is 1. The van der Waals surface area contributed by atoms with Crippen molar-refractivity contribution in [3.8, 4) is 0 Å². The number of cyclic esters (lactones) is 1. The molecule has 0 bridgehead atoms. The van der Waals surface area contributed by atoms with Crippen LogP contribution in [0.2, 0.25) is 0 Å². The topological polar surface area (TPSA) is 159 Å². The van der Waals surface area contributed by atoms with Crippen molar-refractivity contribution < 1.29 is 33.5 Å². The predicted molar refractivity (Wildman–Crippen MR) is 129 cm³/mol. The first-order valence-electron chi connectivity index (χ1n) is 12.3. The molecule has 202 valence electrons. The van der Waals surface area contributed by atoms with E-state index in [2.05, 4.69) is 5.32 Å². The molecule has 12 nitrogen and oxygen atoms in total. The summed E-state index contributed by atoms with van der Waals surface area (Å²) in [5.41, 5.74) is 6.07. The monoisotopic (exact) mass is 509 g/mol. The summed E-state index contributed by atoms with van der Waals surface area (Å²) < 4.78 is 5.46. The van der Waals surface area contributed by atoms with Gasteiger partial charge >= 0.3 is 5.97 Å². The Balaban J connectivity index is 2.53. The summed E-state index contributed by atoms with van der Waals surface area (Å²) in [5.74, 6) is -3.94. The number of nitrogens with one attached hydrogen (secondary N) is 1. The van der Waals surface area contributed by atoms with E-state index >= 15 is 0 Å². The van der Waals surface area contributed by atoms with Crippen molar-refractivity contribution in [3.05, 3.63) is 0 Å². The zero-order valence-electron chi connectivity index (χ0n) is 22.1. The maximum Gasteiger partial charge on any atom is 0.329 e. The van der Waals surface area contributed by atoms with Gasteiger partial charge in [0, 0.05) is 33.5 Å². The van der Waals surface area contributed by atoms with Gasteiger partial charge in [-0.05, 0) is 18.8 Å². The number of hydrogen-bond acceptors (Lipinski definition) is 8. The lowest BCUT2D eigenvalue weighted by atomic mass is 9.95. The fraction of sp³-hybridized carbons (Fsp3) is 0.750. The molecule has 2 rings (SSSR count). The van der Waals surface area contributed by atoms with Crippen molar-refractivity contribution in [2.75, 3.05) is 27.2 Å². The third kappa shape index (κ3) is 6.40. The van der Waals surface area contributed by atoms with Crippen LogP contribution in [0, 0.1) is 11.8 Å². The fourth-order valence-electron chi connectivity index (χ4n) is 4.47. The molecule has 5 atom stereocenters. The van der Waals surface area contributed by atoms with E-state index in [0.29, 0.717) is 0 Å². The van der Waals surface area contributed by atoms with Crippen molar-refractivity contribution >= 4 is 35.4 Å². The molecule has 2 saturated heterocycles. The zero-order chi connectivity index (χ0) is 27.5. The minimum Gasteiger partial charge on any atom is -0.459 e. The first-order valence-corrected chi connectivity index (χ1v) is 12.3. The van der Waals surface area contributed by atoms with Crippen LogP contribution in [0.15, 0.2) is 0 Å². The van der Waals surface area contributed by atoms with E-state index < -0.39 is 59.9 Å². The molecule has 2 heterocycles. The van der Waals surface area contributed by atoms with E-state index in [1.807, 2.05) is 0 Å². The van der Waals surface area contributed by atoms with Crippen LogP contribution in [-0.4, -0.2) is 108 Å². The number of piperidine rings is 1. The van der Waals surface area contributed by atoms with E-state index in [1.165, 1.54) is 30.8 Å². The second-order valence-electron chi connectivity index (χ2n) is 10.3. The molecule has 5 unspecified atom stereocenters. The van der Waals surface area contributed by atoms with Gasteiger partial charge in [-0.2, -0.15) is 0 Å². The van der Waals surface area contributed by atoms with Crippen LogP contribution in [0.4, 0.5) is 0 Å². The van der Waals surface area contributed by atoms with Crippen molar-refractivity contribution in [1.82, 2.24) is 20.0 Å². The Kier molecular flexibility index (Phi) is 9.58. The molecule has 0 spiro atoms. The summed E-state index contributed by atoms with van der Waals surface area (Å²) >= 11 is 0. The van der Waals surface area contributed by atoms with Gasteiger partial charge in [0.25, 0.3) is 0 Å². The molecule has 0 aromatic heterocycles. The number of carbonyl (C=O) groups is 6. The van der Waals surface area contributed by atoms with Crippen molar-refractivity contribution in [1.29, 1.82) is 0 Å². The highest BCUT2D eigenvalue weighted by Gasteiger charge is 2.42. The summed E-state index contributed by atoms with van der Waals surface area (Å²) in [4.78, 5) is 81.7. The number of hydrogen-bond donors (Lipinski definition) is 2. The highest BCUT2D eigenvalue weighted by atomic mass is 16.5. The summed E-state index contributed by atoms with van der Waals surface area (Å²) in [6, 6.07) is -4.39. The molecule has 3 N–H and O–H groups in total. The maximum absolute atomic E-state index is 13.5. The molecule has 0 aromatic carbocycles. The number of rotatable bonds is 2. The molecule has 0 saturated carbocycles. The van der Waals surface area contributed by atoms with Crippen LogP contribution in [-0.2, 0) is 33.5 Å². The van der Waals surface area contributed by atoms with E-state index in [-0.39, 0.29) is 43.6 Å². The molecular weight excluding hydrogens is 470 g/mol. The first-order chi connectivity index (χ1) is 16.7. The van der Waals surface area contributed by atoms with E-state index in [4.69, 9.17) is 10.5 Å². The molecule has 12 heteroatoms. The van der Waals surface area contributed by atoms with Gasteiger partial charge in [-0.1, -0.05) is 27.7 Å². The van der Waals surface area contributed by atoms with Gasteiger partial charge < -0.3 is 30.5 Å². The Morgan fingerprint density at radius 1 is 0.972 bits per heavy atom. The summed E-state index contributed by atoms with van der Waals surface area (Å²) in [7, 11) is 2.84. The second kappa shape index (κ2) is 11.8. The van der Waals surface area contributed by atoms with Crippen LogP contribution in [0.5, 0.6) is 0 Å². The SMILES string of the molecule is CC(C)C1NC(=O)C(N)C(C)OC(=O)C(C(C)C)N(C)C(=O)CN(C)C(=O)C2CC(=O)CCN2C1=O. The number of nitrogens with zero attached hydrogens (tertiary/aromatic N) is 3. The zero-order valence-corrected chi connectivity index (χ0v) is 22.1. The Hall–Kier alpha value is -3.02. The highest BCUT2D eigenvalue weighted by Crippen LogP contribution is 2.21. The number of likely N-dealkylation sites (N-methyl/N-ethyl adjacent to an activating group) is 2. The largest absolute Gasteiger partial charge is 0.459 e. The van der Waals surface area contributed by atoms with Gasteiger partial charge in [-0.15, -0.1) is 0 Å². The average molecular weight is 510 g/mol. The van der Waals surface area contributed by atoms with Crippen LogP contribution in [0.25, 0.3) is 0 Å². The smallest absolute Gasteiger partial charge is 0.329 e. The van der Waals surface area contributed by atoms with Crippen molar-refractivity contribution in [2.45, 2.75) is 77.7 Å². The number of amides is 4. The Bertz CT molecular complexity index is 905. The molecule has 2 fully saturated rings. The van der Waals surface area contributed by atoms with Gasteiger partial charge in [0.15, 0.2) is 0 Å². The van der Waals surface area contributed by atoms with Crippen molar-refractivity contribution in [3.63, 3.8) is 0 Å². The Morgan fingerprint density at radius 3 is 2.14 bits per heavy atom. The molecule has 0 aliphatic carbocycles. The van der Waals surface area contributed by atoms with Crippen LogP contribution in [0.3, 0.4) is 0 Å². The molecule has 0 radical (unpaired) electrons. The predicted octanol–water partition coefficient (Wildman–Crippen LogP) is -1.10. The molecule has 4 amide bonds. The van der Waals surface area contributed by atoms with Gasteiger partial charge in [0.2, 0.25) is 23.6 Å². The number of ether oxygens (including phenoxy) is 1. The lowest BCUT2D eigenvalue weighted by molar-refractivity contribution is -0.163. The lowest BCUT2D eigenvalue weighted by Gasteiger charge is -2.39. The summed E-state index contributed by atoms with van der Waals surface area (Å²) in [6.45, 7) is 8.07.